The van der Waals surface area contributed by atoms with Crippen LogP contribution in [0.15, 0.2) is 335 Å². The second-order valence-corrected chi connectivity index (χ2v) is 35.9. The molecule has 0 fully saturated rings. The molecule has 4 nitrogen and oxygen atoms in total. The summed E-state index contributed by atoms with van der Waals surface area (Å²) in [5, 5.41) is 0. The standard InChI is InChI=1S/C116H116N4S4/c1-9-13-21-85-37-61-101(62-38-85)117(109-25-17-29-113(81-109)121-5)105-69-45-89(46-70-105)33-53-93-77-98-59-60-100-80-95(55-35-91-49-73-107(74-50-91)119(111-27-19-31-115(83-111)123-7)103-65-41-87(42-66-103)23-15-11-3)99(79-96(100)56-36-92-51-75-108(76-52-92)120(112-28-20-32-116(84-112)124-8)104-67-43-88(44-68-104)24-16-12-4)58-57-97(93)78-94(98)54-34-90-47-71-106(72-48-90)118(110-26-18-30-114(82-110)122-6)102-63-39-86(40-64-102)22-14-10-2/h17-20,25-56,61-84H,9-16,21-24,57-60H2,1-8H3/b53-33+,54-34+,55-35+,56-36+. The van der Waals surface area contributed by atoms with Crippen LogP contribution >= 0.6 is 47.0 Å². The number of benzene rings is 14. The zero-order valence-corrected chi connectivity index (χ0v) is 76.6. The Balaban J connectivity index is 0.805. The fraction of sp³-hybridized carbons (Fsp3) is 0.207. The number of unbranched alkanes of at least 4 members (excludes halogenated alkanes) is 4. The van der Waals surface area contributed by atoms with Gasteiger partial charge in [-0.15, -0.1) is 47.0 Å². The average molecular weight is 1690 g/mol. The minimum atomic E-state index is 0.827. The molecule has 0 aromatic heterocycles. The first-order valence-corrected chi connectivity index (χ1v) is 49.5. The van der Waals surface area contributed by atoms with Crippen molar-refractivity contribution < 1.29 is 0 Å². The maximum atomic E-state index is 2.52. The molecule has 4 aliphatic carbocycles. The molecule has 0 atom stereocenters. The Hall–Kier alpha value is -11.4. The monoisotopic (exact) mass is 1690 g/mol. The lowest BCUT2D eigenvalue weighted by atomic mass is 9.86. The van der Waals surface area contributed by atoms with Crippen LogP contribution in [-0.4, -0.2) is 25.0 Å². The number of thioether (sulfide) groups is 4. The lowest BCUT2D eigenvalue weighted by molar-refractivity contribution is 0.795. The summed E-state index contributed by atoms with van der Waals surface area (Å²) in [4.78, 5) is 14.5. The molecule has 14 aromatic carbocycles. The molecular formula is C116H116N4S4. The average Bonchev–Trinajstić information content (AvgIpc) is 0.790. The molecule has 124 heavy (non-hydrogen) atoms. The lowest BCUT2D eigenvalue weighted by Gasteiger charge is -2.26. The van der Waals surface area contributed by atoms with Crippen LogP contribution < -0.4 is 19.6 Å². The van der Waals surface area contributed by atoms with Crippen molar-refractivity contribution >= 4 is 164 Å². The molecule has 8 heteroatoms. The Morgan fingerprint density at radius 3 is 0.573 bits per heavy atom. The summed E-state index contributed by atoms with van der Waals surface area (Å²) in [5.74, 6) is 0. The fourth-order valence-electron chi connectivity index (χ4n) is 16.7. The van der Waals surface area contributed by atoms with E-state index in [2.05, 4.69) is 436 Å². The van der Waals surface area contributed by atoms with Gasteiger partial charge in [0.2, 0.25) is 0 Å². The molecule has 14 aromatic rings. The van der Waals surface area contributed by atoms with Crippen LogP contribution in [0.5, 0.6) is 0 Å². The molecule has 624 valence electrons. The Morgan fingerprint density at radius 2 is 0.395 bits per heavy atom. The highest BCUT2D eigenvalue weighted by molar-refractivity contribution is 7.99. The molecule has 0 heterocycles. The van der Waals surface area contributed by atoms with Crippen LogP contribution in [-0.2, 0) is 51.4 Å². The van der Waals surface area contributed by atoms with Crippen molar-refractivity contribution in [2.24, 2.45) is 0 Å². The third-order valence-electron chi connectivity index (χ3n) is 23.9. The van der Waals surface area contributed by atoms with E-state index in [-0.39, 0.29) is 0 Å². The van der Waals surface area contributed by atoms with Gasteiger partial charge in [-0.1, -0.05) is 248 Å². The number of aryl methyl sites for hydroxylation is 8. The van der Waals surface area contributed by atoms with Gasteiger partial charge in [-0.2, -0.15) is 0 Å². The highest BCUT2D eigenvalue weighted by atomic mass is 32.2. The predicted octanol–water partition coefficient (Wildman–Crippen LogP) is 34.4. The summed E-state index contributed by atoms with van der Waals surface area (Å²) in [7, 11) is 0. The molecule has 18 rings (SSSR count). The molecule has 0 saturated carbocycles. The van der Waals surface area contributed by atoms with Gasteiger partial charge in [-0.25, -0.2) is 0 Å². The topological polar surface area (TPSA) is 13.0 Å². The summed E-state index contributed by atoms with van der Waals surface area (Å²) in [6, 6.07) is 119. The molecule has 4 bridgehead atoms. The molecule has 0 spiro atoms. The summed E-state index contributed by atoms with van der Waals surface area (Å²) in [6.07, 6.45) is 44.6. The van der Waals surface area contributed by atoms with Crippen molar-refractivity contribution in [3.05, 3.63) is 404 Å². The first-order chi connectivity index (χ1) is 61.0. The summed E-state index contributed by atoms with van der Waals surface area (Å²) in [5.41, 5.74) is 34.1. The van der Waals surface area contributed by atoms with Gasteiger partial charge in [0.15, 0.2) is 0 Å². The van der Waals surface area contributed by atoms with E-state index in [0.29, 0.717) is 0 Å². The van der Waals surface area contributed by atoms with E-state index in [4.69, 9.17) is 0 Å². The molecule has 0 N–H and O–H groups in total. The largest absolute Gasteiger partial charge is 0.310 e. The van der Waals surface area contributed by atoms with Crippen LogP contribution in [0.3, 0.4) is 0 Å². The lowest BCUT2D eigenvalue weighted by Crippen LogP contribution is -2.10. The van der Waals surface area contributed by atoms with Crippen molar-refractivity contribution in [3.8, 4) is 0 Å². The van der Waals surface area contributed by atoms with E-state index < -0.39 is 0 Å². The van der Waals surface area contributed by atoms with E-state index in [1.807, 2.05) is 0 Å². The van der Waals surface area contributed by atoms with Crippen LogP contribution in [0.25, 0.3) is 48.6 Å². The van der Waals surface area contributed by atoms with Gasteiger partial charge < -0.3 is 19.6 Å². The van der Waals surface area contributed by atoms with Gasteiger partial charge in [0.25, 0.3) is 0 Å². The fourth-order valence-corrected chi connectivity index (χ4v) is 18.5. The number of nitrogens with zero attached hydrogens (tertiary/aromatic N) is 4. The van der Waals surface area contributed by atoms with Crippen molar-refractivity contribution in [3.63, 3.8) is 0 Å². The smallest absolute Gasteiger partial charge is 0.0472 e. The second-order valence-electron chi connectivity index (χ2n) is 32.4. The van der Waals surface area contributed by atoms with Gasteiger partial charge in [-0.05, 0) is 361 Å². The molecule has 0 amide bonds. The van der Waals surface area contributed by atoms with Crippen molar-refractivity contribution in [2.75, 3.05) is 44.6 Å². The Kier molecular flexibility index (Phi) is 30.9. The number of hydrogen-bond donors (Lipinski definition) is 0. The zero-order chi connectivity index (χ0) is 85.4. The summed E-state index contributed by atoms with van der Waals surface area (Å²) < 4.78 is 0. The van der Waals surface area contributed by atoms with E-state index in [9.17, 15) is 0 Å². The third-order valence-corrected chi connectivity index (χ3v) is 26.8. The van der Waals surface area contributed by atoms with E-state index >= 15 is 0 Å². The molecular weight excluding hydrogens is 1580 g/mol. The molecule has 0 aliphatic heterocycles. The van der Waals surface area contributed by atoms with Gasteiger partial charge in [0, 0.05) is 87.8 Å². The van der Waals surface area contributed by atoms with Crippen molar-refractivity contribution in [1.29, 1.82) is 0 Å². The summed E-state index contributed by atoms with van der Waals surface area (Å²) >= 11 is 7.12. The SMILES string of the molecule is CCCCc1ccc(N(c2ccc(/C=C/c3cc4c(/C=C/c5ccc(N(c6ccc(CCCC)cc6)c6cccc(SC)c6)cc5)cc3CCc3cc(/C=C/c5ccc(N(c6ccc(CCCC)cc6)c6cccc(SC)c6)cc5)c(cc3/C=C/c3ccc(N(c5ccc(CCCC)cc5)c5cccc(SC)c5)cc3)CC4)cc2)c2cccc(SC)c2)cc1. The van der Waals surface area contributed by atoms with Gasteiger partial charge in [-0.3, -0.25) is 0 Å². The third kappa shape index (κ3) is 22.6. The number of hydrogen-bond acceptors (Lipinski definition) is 8. The van der Waals surface area contributed by atoms with Crippen molar-refractivity contribution in [2.45, 2.75) is 150 Å². The van der Waals surface area contributed by atoms with Crippen LogP contribution in [0.2, 0.25) is 0 Å². The normalized spacial score (nSPS) is 12.1. The van der Waals surface area contributed by atoms with E-state index in [0.717, 1.165) is 142 Å². The predicted molar refractivity (Wildman–Crippen MR) is 549 cm³/mol. The number of rotatable bonds is 36. The molecule has 0 unspecified atom stereocenters. The Bertz CT molecular complexity index is 5210. The van der Waals surface area contributed by atoms with Gasteiger partial charge in [0.05, 0.1) is 0 Å². The number of anilines is 12. The summed E-state index contributed by atoms with van der Waals surface area (Å²) in [6.45, 7) is 9.07. The Morgan fingerprint density at radius 1 is 0.210 bits per heavy atom. The van der Waals surface area contributed by atoms with Crippen LogP contribution in [0.4, 0.5) is 68.2 Å². The maximum absolute atomic E-state index is 2.52. The van der Waals surface area contributed by atoms with Gasteiger partial charge in [0.1, 0.15) is 0 Å². The molecule has 0 saturated heterocycles. The molecule has 4 aliphatic rings. The van der Waals surface area contributed by atoms with Crippen LogP contribution in [0, 0.1) is 0 Å². The highest BCUT2D eigenvalue weighted by Crippen LogP contribution is 2.43. The van der Waals surface area contributed by atoms with Crippen LogP contribution in [0.1, 0.15) is 168 Å². The van der Waals surface area contributed by atoms with Gasteiger partial charge >= 0.3 is 0 Å². The molecule has 0 radical (unpaired) electrons. The zero-order valence-electron chi connectivity index (χ0n) is 73.4. The first-order valence-electron chi connectivity index (χ1n) is 44.6. The van der Waals surface area contributed by atoms with E-state index in [1.165, 1.54) is 138 Å². The van der Waals surface area contributed by atoms with Crippen molar-refractivity contribution in [1.82, 2.24) is 0 Å². The quantitative estimate of drug-likeness (QED) is 0.0281. The first kappa shape index (κ1) is 87.5. The second kappa shape index (κ2) is 43.8. The highest BCUT2D eigenvalue weighted by Gasteiger charge is 2.21. The Labute approximate surface area is 757 Å². The minimum absolute atomic E-state index is 0.827. The minimum Gasteiger partial charge on any atom is -0.310 e. The maximum Gasteiger partial charge on any atom is 0.0472 e. The van der Waals surface area contributed by atoms with E-state index in [1.54, 1.807) is 47.0 Å².